The molecule has 30 heavy (non-hydrogen) atoms. The molecule has 0 bridgehead atoms. The van der Waals surface area contributed by atoms with E-state index in [4.69, 9.17) is 14.5 Å². The van der Waals surface area contributed by atoms with Gasteiger partial charge < -0.3 is 19.8 Å². The Balaban J connectivity index is 1.73. The molecule has 0 aliphatic carbocycles. The number of aromatic nitrogens is 4. The van der Waals surface area contributed by atoms with Crippen molar-refractivity contribution in [2.75, 3.05) is 25.1 Å². The molecule has 3 aromatic rings. The number of halogens is 1. The van der Waals surface area contributed by atoms with E-state index < -0.39 is 6.29 Å². The first-order valence-corrected chi connectivity index (χ1v) is 10.1. The van der Waals surface area contributed by atoms with Crippen LogP contribution in [0.4, 0.5) is 10.3 Å². The van der Waals surface area contributed by atoms with E-state index in [1.54, 1.807) is 18.3 Å². The quantitative estimate of drug-likeness (QED) is 0.618. The van der Waals surface area contributed by atoms with Gasteiger partial charge in [-0.2, -0.15) is 0 Å². The highest BCUT2D eigenvalue weighted by atomic mass is 19.1. The first-order chi connectivity index (χ1) is 14.4. The number of benzene rings is 1. The molecule has 0 saturated carbocycles. The van der Waals surface area contributed by atoms with E-state index >= 15 is 0 Å². The molecule has 7 nitrogen and oxygen atoms in total. The molecule has 2 aromatic heterocycles. The molecule has 0 unspecified atom stereocenters. The number of aromatic amines is 1. The SMILES string of the molecule is CCCNc1nccc(-c2[nH]c(C3OCC(C)(C)CO3)nc2-c2ccc(F)cc2)n1. The summed E-state index contributed by atoms with van der Waals surface area (Å²) in [5, 5.41) is 3.19. The van der Waals surface area contributed by atoms with Crippen molar-refractivity contribution in [3.8, 4) is 22.6 Å². The molecule has 0 spiro atoms. The zero-order valence-corrected chi connectivity index (χ0v) is 17.4. The average molecular weight is 411 g/mol. The van der Waals surface area contributed by atoms with E-state index in [1.807, 2.05) is 6.07 Å². The highest BCUT2D eigenvalue weighted by Crippen LogP contribution is 2.35. The number of hydrogen-bond acceptors (Lipinski definition) is 6. The Bertz CT molecular complexity index is 993. The Morgan fingerprint density at radius 3 is 2.57 bits per heavy atom. The molecular formula is C22H26FN5O2. The van der Waals surface area contributed by atoms with Crippen molar-refractivity contribution >= 4 is 5.95 Å². The van der Waals surface area contributed by atoms with Gasteiger partial charge in [-0.15, -0.1) is 0 Å². The third kappa shape index (κ3) is 4.49. The van der Waals surface area contributed by atoms with E-state index in [0.717, 1.165) is 18.5 Å². The van der Waals surface area contributed by atoms with Crippen LogP contribution in [0.15, 0.2) is 36.5 Å². The molecule has 158 valence electrons. The fraction of sp³-hybridized carbons (Fsp3) is 0.409. The van der Waals surface area contributed by atoms with Gasteiger partial charge in [0.25, 0.3) is 0 Å². The van der Waals surface area contributed by atoms with Crippen LogP contribution in [0.5, 0.6) is 0 Å². The molecule has 1 fully saturated rings. The highest BCUT2D eigenvalue weighted by molar-refractivity contribution is 5.77. The molecule has 3 heterocycles. The van der Waals surface area contributed by atoms with Crippen LogP contribution in [0.2, 0.25) is 0 Å². The van der Waals surface area contributed by atoms with Crippen molar-refractivity contribution in [3.63, 3.8) is 0 Å². The van der Waals surface area contributed by atoms with Gasteiger partial charge in [0, 0.05) is 23.7 Å². The molecule has 0 radical (unpaired) electrons. The van der Waals surface area contributed by atoms with Crippen LogP contribution in [0, 0.1) is 11.2 Å². The monoisotopic (exact) mass is 411 g/mol. The van der Waals surface area contributed by atoms with Gasteiger partial charge in [0.1, 0.15) is 5.82 Å². The first-order valence-electron chi connectivity index (χ1n) is 10.1. The van der Waals surface area contributed by atoms with E-state index in [1.165, 1.54) is 12.1 Å². The fourth-order valence-electron chi connectivity index (χ4n) is 3.18. The van der Waals surface area contributed by atoms with Gasteiger partial charge in [-0.05, 0) is 36.8 Å². The molecule has 1 aromatic carbocycles. The molecule has 8 heteroatoms. The predicted molar refractivity (Wildman–Crippen MR) is 112 cm³/mol. The molecule has 2 N–H and O–H groups in total. The number of nitrogens with one attached hydrogen (secondary N) is 2. The fourth-order valence-corrected chi connectivity index (χ4v) is 3.18. The first kappa shape index (κ1) is 20.4. The molecule has 1 saturated heterocycles. The van der Waals surface area contributed by atoms with E-state index in [0.29, 0.717) is 42.1 Å². The number of hydrogen-bond donors (Lipinski definition) is 2. The lowest BCUT2D eigenvalue weighted by atomic mass is 9.96. The summed E-state index contributed by atoms with van der Waals surface area (Å²) in [4.78, 5) is 16.9. The van der Waals surface area contributed by atoms with Crippen molar-refractivity contribution in [2.45, 2.75) is 33.5 Å². The van der Waals surface area contributed by atoms with E-state index in [2.05, 4.69) is 41.0 Å². The topological polar surface area (TPSA) is 85.0 Å². The Hall–Kier alpha value is -2.84. The number of H-pyrrole nitrogens is 1. The minimum Gasteiger partial charge on any atom is -0.354 e. The second-order valence-electron chi connectivity index (χ2n) is 8.16. The summed E-state index contributed by atoms with van der Waals surface area (Å²) in [6.07, 6.45) is 2.08. The third-order valence-corrected chi connectivity index (χ3v) is 4.76. The molecule has 1 aliphatic heterocycles. The summed E-state index contributed by atoms with van der Waals surface area (Å²) in [7, 11) is 0. The maximum atomic E-state index is 13.5. The zero-order chi connectivity index (χ0) is 21.1. The predicted octanol–water partition coefficient (Wildman–Crippen LogP) is 4.57. The minimum absolute atomic E-state index is 0.0434. The number of imidazole rings is 1. The molecule has 1 aliphatic rings. The van der Waals surface area contributed by atoms with Crippen LogP contribution in [0.25, 0.3) is 22.6 Å². The summed E-state index contributed by atoms with van der Waals surface area (Å²) in [6.45, 7) is 8.17. The van der Waals surface area contributed by atoms with Crippen LogP contribution >= 0.6 is 0 Å². The lowest BCUT2D eigenvalue weighted by Crippen LogP contribution is -2.34. The minimum atomic E-state index is -0.592. The van der Waals surface area contributed by atoms with Crippen LogP contribution in [-0.4, -0.2) is 39.7 Å². The van der Waals surface area contributed by atoms with E-state index in [-0.39, 0.29) is 11.2 Å². The van der Waals surface area contributed by atoms with Crippen molar-refractivity contribution in [3.05, 3.63) is 48.2 Å². The Morgan fingerprint density at radius 2 is 1.87 bits per heavy atom. The van der Waals surface area contributed by atoms with Crippen molar-refractivity contribution in [2.24, 2.45) is 5.41 Å². The number of rotatable bonds is 6. The van der Waals surface area contributed by atoms with Crippen LogP contribution < -0.4 is 5.32 Å². The second-order valence-corrected chi connectivity index (χ2v) is 8.16. The van der Waals surface area contributed by atoms with Crippen LogP contribution in [-0.2, 0) is 9.47 Å². The summed E-state index contributed by atoms with van der Waals surface area (Å²) >= 11 is 0. The normalized spacial score (nSPS) is 16.5. The molecular weight excluding hydrogens is 385 g/mol. The van der Waals surface area contributed by atoms with Crippen LogP contribution in [0.3, 0.4) is 0 Å². The third-order valence-electron chi connectivity index (χ3n) is 4.76. The van der Waals surface area contributed by atoms with Gasteiger partial charge in [-0.1, -0.05) is 20.8 Å². The average Bonchev–Trinajstić information content (AvgIpc) is 3.18. The standard InChI is InChI=1S/C22H26FN5O2/c1-4-10-24-21-25-11-9-16(26-21)18-17(14-5-7-15(23)8-6-14)27-19(28-18)20-29-12-22(2,3)13-30-20/h5-9,11,20H,4,10,12-13H2,1-3H3,(H,27,28)(H,24,25,26). The summed E-state index contributed by atoms with van der Waals surface area (Å²) < 4.78 is 25.3. The van der Waals surface area contributed by atoms with Crippen molar-refractivity contribution in [1.29, 1.82) is 0 Å². The Labute approximate surface area is 175 Å². The maximum absolute atomic E-state index is 13.5. The number of nitrogens with zero attached hydrogens (tertiary/aromatic N) is 3. The van der Waals surface area contributed by atoms with Gasteiger partial charge in [-0.25, -0.2) is 19.3 Å². The van der Waals surface area contributed by atoms with Gasteiger partial charge >= 0.3 is 0 Å². The molecule has 0 atom stereocenters. The van der Waals surface area contributed by atoms with Gasteiger partial charge in [-0.3, -0.25) is 0 Å². The smallest absolute Gasteiger partial charge is 0.223 e. The lowest BCUT2D eigenvalue weighted by molar-refractivity contribution is -0.229. The summed E-state index contributed by atoms with van der Waals surface area (Å²) in [5.74, 6) is 0.800. The van der Waals surface area contributed by atoms with E-state index in [9.17, 15) is 4.39 Å². The number of anilines is 1. The highest BCUT2D eigenvalue weighted by Gasteiger charge is 2.32. The lowest BCUT2D eigenvalue weighted by Gasteiger charge is -2.33. The van der Waals surface area contributed by atoms with Gasteiger partial charge in [0.05, 0.1) is 30.3 Å². The number of ether oxygens (including phenoxy) is 2. The zero-order valence-electron chi connectivity index (χ0n) is 17.4. The van der Waals surface area contributed by atoms with Crippen LogP contribution in [0.1, 0.15) is 39.3 Å². The van der Waals surface area contributed by atoms with Crippen molar-refractivity contribution in [1.82, 2.24) is 19.9 Å². The molecule has 0 amide bonds. The summed E-state index contributed by atoms with van der Waals surface area (Å²) in [5.41, 5.74) is 2.76. The Kier molecular flexibility index (Phi) is 5.78. The van der Waals surface area contributed by atoms with Gasteiger partial charge in [0.2, 0.25) is 12.2 Å². The molecule has 4 rings (SSSR count). The second kappa shape index (κ2) is 8.49. The van der Waals surface area contributed by atoms with Gasteiger partial charge in [0.15, 0.2) is 5.82 Å². The maximum Gasteiger partial charge on any atom is 0.223 e. The summed E-state index contributed by atoms with van der Waals surface area (Å²) in [6, 6.07) is 8.03. The Morgan fingerprint density at radius 1 is 1.13 bits per heavy atom. The van der Waals surface area contributed by atoms with Crippen molar-refractivity contribution < 1.29 is 13.9 Å². The largest absolute Gasteiger partial charge is 0.354 e.